The van der Waals surface area contributed by atoms with Crippen LogP contribution in [-0.2, 0) is 19.9 Å². The number of rotatable bonds is 20. The number of aromatic hydroxyl groups is 2. The summed E-state index contributed by atoms with van der Waals surface area (Å²) in [5.41, 5.74) is 2.53. The molecule has 1 heterocycles. The number of phenolic OH excluding ortho intramolecular Hbond substituents is 2. The molecule has 0 bridgehead atoms. The Kier molecular flexibility index (Phi) is 24.7. The van der Waals surface area contributed by atoms with Crippen molar-refractivity contribution in [2.24, 2.45) is 0 Å². The highest BCUT2D eigenvalue weighted by Crippen LogP contribution is 2.42. The van der Waals surface area contributed by atoms with Gasteiger partial charge in [-0.1, -0.05) is 54.1 Å². The van der Waals surface area contributed by atoms with Crippen LogP contribution in [0.3, 0.4) is 0 Å². The maximum Gasteiger partial charge on any atom is 0.328 e. The van der Waals surface area contributed by atoms with E-state index in [2.05, 4.69) is 76.5 Å². The van der Waals surface area contributed by atoms with Gasteiger partial charge in [-0.25, -0.2) is 9.59 Å². The van der Waals surface area contributed by atoms with Crippen LogP contribution in [0, 0.1) is 0 Å². The molecule has 1 aliphatic heterocycles. The second kappa shape index (κ2) is 28.7. The van der Waals surface area contributed by atoms with E-state index in [1.807, 2.05) is 18.2 Å². The number of hydrogen-bond donors (Lipinski definition) is 10. The molecule has 2 aliphatic rings. The molecule has 2 atom stereocenters. The molecule has 0 aromatic heterocycles. The van der Waals surface area contributed by atoms with Crippen molar-refractivity contribution >= 4 is 71.3 Å². The third-order valence-electron chi connectivity index (χ3n) is 10.7. The van der Waals surface area contributed by atoms with Crippen LogP contribution >= 0.6 is 36.4 Å². The SMILES string of the molecule is CN1CCCC1CCOC(C)(c1ccccc1)c1ccc(Cl)cc1.Cl.Cl.O=C(O)C=CC(=O)O.O=C1c2c(O)ccc(O)c2C(=O)c2c(NCCNCCO)ccc(NCCNCCO)c21. The minimum atomic E-state index is -1.26. The minimum Gasteiger partial charge on any atom is -0.507 e. The lowest BCUT2D eigenvalue weighted by atomic mass is 9.81. The van der Waals surface area contributed by atoms with Crippen molar-refractivity contribution in [3.05, 3.63) is 129 Å². The van der Waals surface area contributed by atoms with Gasteiger partial charge < -0.3 is 61.5 Å². The van der Waals surface area contributed by atoms with Crippen molar-refractivity contribution < 1.29 is 54.6 Å². The van der Waals surface area contributed by atoms with Gasteiger partial charge in [0.1, 0.15) is 17.1 Å². The monoisotopic (exact) mass is 975 g/mol. The number of carbonyl (C=O) groups is 4. The summed E-state index contributed by atoms with van der Waals surface area (Å²) in [6, 6.07) is 24.8. The number of carboxylic acids is 2. The quantitative estimate of drug-likeness (QED) is 0.0262. The van der Waals surface area contributed by atoms with Crippen LogP contribution < -0.4 is 21.3 Å². The zero-order valence-electron chi connectivity index (χ0n) is 36.8. The summed E-state index contributed by atoms with van der Waals surface area (Å²) < 4.78 is 6.48. The van der Waals surface area contributed by atoms with Crippen LogP contribution in [0.2, 0.25) is 5.02 Å². The first kappa shape index (κ1) is 56.9. The predicted octanol–water partition coefficient (Wildman–Crippen LogP) is 5.52. The number of benzene rings is 4. The average Bonchev–Trinajstić information content (AvgIpc) is 3.70. The molecule has 4 aromatic carbocycles. The van der Waals surface area contributed by atoms with Gasteiger partial charge in [-0.3, -0.25) is 9.59 Å². The summed E-state index contributed by atoms with van der Waals surface area (Å²) in [4.78, 5) is 48.3. The summed E-state index contributed by atoms with van der Waals surface area (Å²) in [6.45, 7) is 6.92. The highest BCUT2D eigenvalue weighted by atomic mass is 35.5. The molecule has 19 heteroatoms. The summed E-state index contributed by atoms with van der Waals surface area (Å²) in [5, 5.41) is 66.9. The molecule has 360 valence electrons. The van der Waals surface area contributed by atoms with Crippen molar-refractivity contribution in [2.45, 2.75) is 37.8 Å². The zero-order valence-corrected chi connectivity index (χ0v) is 39.2. The number of ether oxygens (including phenoxy) is 1. The molecule has 0 saturated carbocycles. The zero-order chi connectivity index (χ0) is 46.6. The van der Waals surface area contributed by atoms with Gasteiger partial charge in [-0.15, -0.1) is 24.8 Å². The van der Waals surface area contributed by atoms with Crippen molar-refractivity contribution in [3.63, 3.8) is 0 Å². The Hall–Kier alpha value is -5.27. The molecule has 16 nitrogen and oxygen atoms in total. The second-order valence-corrected chi connectivity index (χ2v) is 15.5. The normalized spacial score (nSPS) is 14.8. The third-order valence-corrected chi connectivity index (χ3v) is 10.9. The van der Waals surface area contributed by atoms with Crippen LogP contribution in [0.4, 0.5) is 11.4 Å². The largest absolute Gasteiger partial charge is 0.507 e. The van der Waals surface area contributed by atoms with Gasteiger partial charge in [0.15, 0.2) is 0 Å². The number of aliphatic hydroxyl groups is 2. The van der Waals surface area contributed by atoms with Gasteiger partial charge in [0.25, 0.3) is 0 Å². The topological polar surface area (TPSA) is 250 Å². The number of nitrogens with zero attached hydrogens (tertiary/aromatic N) is 1. The second-order valence-electron chi connectivity index (χ2n) is 15.1. The summed E-state index contributed by atoms with van der Waals surface area (Å²) in [5.74, 6) is -4.38. The van der Waals surface area contributed by atoms with E-state index < -0.39 is 29.1 Å². The lowest BCUT2D eigenvalue weighted by molar-refractivity contribution is -0.134. The Morgan fingerprint density at radius 2 is 1.18 bits per heavy atom. The van der Waals surface area contributed by atoms with Crippen LogP contribution in [0.5, 0.6) is 11.5 Å². The maximum atomic E-state index is 13.4. The Morgan fingerprint density at radius 3 is 1.61 bits per heavy atom. The van der Waals surface area contributed by atoms with E-state index in [-0.39, 0.29) is 71.8 Å². The number of fused-ring (bicyclic) bond motifs is 2. The number of ketones is 2. The van der Waals surface area contributed by atoms with E-state index in [0.29, 0.717) is 68.8 Å². The minimum absolute atomic E-state index is 0. The fourth-order valence-corrected chi connectivity index (χ4v) is 7.51. The van der Waals surface area contributed by atoms with Crippen molar-refractivity contribution in [3.8, 4) is 11.5 Å². The number of hydrogen-bond acceptors (Lipinski definition) is 14. The summed E-state index contributed by atoms with van der Waals surface area (Å²) in [7, 11) is 2.22. The van der Waals surface area contributed by atoms with Crippen molar-refractivity contribution in [1.82, 2.24) is 15.5 Å². The molecular weight excluding hydrogens is 917 g/mol. The maximum absolute atomic E-state index is 13.4. The number of carboxylic acid groups (broad SMARTS) is 2. The van der Waals surface area contributed by atoms with Crippen LogP contribution in [0.25, 0.3) is 0 Å². The highest BCUT2D eigenvalue weighted by molar-refractivity contribution is 6.33. The van der Waals surface area contributed by atoms with E-state index in [0.717, 1.165) is 23.6 Å². The Balaban J connectivity index is 0.000000389. The number of likely N-dealkylation sites (tertiary alicyclic amines) is 1. The summed E-state index contributed by atoms with van der Waals surface area (Å²) >= 11 is 6.07. The van der Waals surface area contributed by atoms with Crippen LogP contribution in [0.1, 0.15) is 69.2 Å². The molecular formula is C47H60Cl3N5O11. The molecule has 1 saturated heterocycles. The number of anilines is 2. The molecule has 0 radical (unpaired) electrons. The molecule has 2 unspecified atom stereocenters. The predicted molar refractivity (Wildman–Crippen MR) is 259 cm³/mol. The van der Waals surface area contributed by atoms with Gasteiger partial charge in [-0.05, 0) is 87.3 Å². The number of aliphatic hydroxyl groups excluding tert-OH is 2. The lowest BCUT2D eigenvalue weighted by Gasteiger charge is -2.32. The van der Waals surface area contributed by atoms with E-state index in [1.165, 1.54) is 37.1 Å². The third kappa shape index (κ3) is 16.0. The van der Waals surface area contributed by atoms with Gasteiger partial charge in [0, 0.05) is 80.5 Å². The van der Waals surface area contributed by atoms with E-state index in [1.54, 1.807) is 12.1 Å². The number of halogens is 3. The summed E-state index contributed by atoms with van der Waals surface area (Å²) in [6.07, 6.45) is 4.77. The van der Waals surface area contributed by atoms with E-state index in [4.69, 9.17) is 36.8 Å². The molecule has 66 heavy (non-hydrogen) atoms. The molecule has 1 aliphatic carbocycles. The molecule has 6 rings (SSSR count). The molecule has 0 amide bonds. The van der Waals surface area contributed by atoms with Gasteiger partial charge >= 0.3 is 11.9 Å². The number of carbonyl (C=O) groups excluding carboxylic acids is 2. The van der Waals surface area contributed by atoms with Crippen LogP contribution in [-0.4, -0.2) is 138 Å². The standard InChI is InChI=1S/C22H28N4O6.C21H26ClNO.C4H4O4.2ClH/c27-11-9-23-5-7-25-13-1-2-14(26-8-6-24-10-12-28)18-17(13)21(31)19-15(29)3-4-16(30)20(19)22(18)32;1-21(17-7-4-3-5-8-17,18-10-12-19(22)13-11-18)24-16-14-20-9-6-15-23(20)2;5-3(6)1-2-4(7)8;;/h1-4,23-30H,5-12H2;3-5,7-8,10-13,20H,6,9,14-16H2,1-2H3;1-2H,(H,5,6)(H,7,8);2*1H. The first-order chi connectivity index (χ1) is 30.7. The van der Waals surface area contributed by atoms with Gasteiger partial charge in [-0.2, -0.15) is 0 Å². The Bertz CT molecular complexity index is 2120. The average molecular weight is 977 g/mol. The van der Waals surface area contributed by atoms with Crippen molar-refractivity contribution in [2.75, 3.05) is 83.3 Å². The first-order valence-corrected chi connectivity index (χ1v) is 21.3. The number of phenols is 2. The van der Waals surface area contributed by atoms with Gasteiger partial charge in [0.05, 0.1) is 35.5 Å². The van der Waals surface area contributed by atoms with E-state index in [9.17, 15) is 29.4 Å². The highest BCUT2D eigenvalue weighted by Gasteiger charge is 2.38. The molecule has 10 N–H and O–H groups in total. The van der Waals surface area contributed by atoms with E-state index >= 15 is 0 Å². The Labute approximate surface area is 401 Å². The smallest absolute Gasteiger partial charge is 0.328 e. The fourth-order valence-electron chi connectivity index (χ4n) is 7.38. The molecule has 4 aromatic rings. The molecule has 1 fully saturated rings. The van der Waals surface area contributed by atoms with Crippen molar-refractivity contribution in [1.29, 1.82) is 0 Å². The number of aliphatic carboxylic acids is 2. The van der Waals surface area contributed by atoms with Crippen LogP contribution in [0.15, 0.2) is 91.0 Å². The molecule has 0 spiro atoms. The van der Waals surface area contributed by atoms with Gasteiger partial charge in [0.2, 0.25) is 11.6 Å². The Morgan fingerprint density at radius 1 is 0.712 bits per heavy atom. The number of nitrogens with one attached hydrogen (secondary N) is 4. The first-order valence-electron chi connectivity index (χ1n) is 20.9. The lowest BCUT2D eigenvalue weighted by Crippen LogP contribution is -2.31. The fraction of sp³-hybridized carbons (Fsp3) is 0.362.